The van der Waals surface area contributed by atoms with E-state index in [1.807, 2.05) is 20.8 Å². The number of alkyl halides is 3. The van der Waals surface area contributed by atoms with Gasteiger partial charge in [-0.15, -0.1) is 0 Å². The molecule has 2 saturated heterocycles. The van der Waals surface area contributed by atoms with E-state index in [4.69, 9.17) is 22.1 Å². The smallest absolute Gasteiger partial charge is 0.435 e. The highest BCUT2D eigenvalue weighted by atomic mass is 35.5. The summed E-state index contributed by atoms with van der Waals surface area (Å²) in [4.78, 5) is 68.0. The van der Waals surface area contributed by atoms with Gasteiger partial charge in [-0.05, 0) is 63.9 Å². The number of nitrogens with two attached hydrogens (primary N) is 1. The predicted molar refractivity (Wildman–Crippen MR) is 195 cm³/mol. The standard InChI is InChI=1S/C36H40ClF3N10O5/c1-35(2,3)55-34(54)50-10-8-20(9-11-50)32(52)48-12-14-49(15-13-48)33(53)24-6-5-22(17-26(24)37)45-31(51)30-43-19-23(44-30)16-25-28(27-7-4-21(41)18-42-27)46-47-29(25)36(38,39)40/h4-7,17-20H,8-16,41H2,1-3H3,(H,43,44)(H,45,51)(H,46,47). The van der Waals surface area contributed by atoms with Crippen LogP contribution in [0.3, 0.4) is 0 Å². The highest BCUT2D eigenvalue weighted by Crippen LogP contribution is 2.36. The van der Waals surface area contributed by atoms with Gasteiger partial charge in [0.1, 0.15) is 5.60 Å². The van der Waals surface area contributed by atoms with Gasteiger partial charge in [0.15, 0.2) is 11.5 Å². The number of likely N-dealkylation sites (tertiary alicyclic amines) is 1. The van der Waals surface area contributed by atoms with Crippen molar-refractivity contribution in [3.05, 3.63) is 76.1 Å². The van der Waals surface area contributed by atoms with E-state index in [1.165, 1.54) is 42.7 Å². The molecule has 4 amide bonds. The number of rotatable bonds is 7. The lowest BCUT2D eigenvalue weighted by Gasteiger charge is -2.38. The van der Waals surface area contributed by atoms with Gasteiger partial charge in [-0.3, -0.25) is 24.5 Å². The normalized spacial score (nSPS) is 15.6. The minimum Gasteiger partial charge on any atom is -0.444 e. The van der Waals surface area contributed by atoms with Gasteiger partial charge in [0.2, 0.25) is 5.91 Å². The van der Waals surface area contributed by atoms with Crippen LogP contribution in [0.2, 0.25) is 5.02 Å². The Morgan fingerprint density at radius 1 is 0.945 bits per heavy atom. The van der Waals surface area contributed by atoms with Crippen molar-refractivity contribution in [1.29, 1.82) is 0 Å². The van der Waals surface area contributed by atoms with Gasteiger partial charge in [0, 0.05) is 74.7 Å². The van der Waals surface area contributed by atoms with E-state index in [1.54, 1.807) is 14.7 Å². The van der Waals surface area contributed by atoms with Gasteiger partial charge in [-0.1, -0.05) is 11.6 Å². The fraction of sp³-hybridized carbons (Fsp3) is 0.417. The number of nitrogen functional groups attached to an aromatic ring is 1. The lowest BCUT2D eigenvalue weighted by Crippen LogP contribution is -2.53. The number of pyridine rings is 1. The lowest BCUT2D eigenvalue weighted by molar-refractivity contribution is -0.141. The van der Waals surface area contributed by atoms with Crippen molar-refractivity contribution in [3.63, 3.8) is 0 Å². The molecule has 0 unspecified atom stereocenters. The summed E-state index contributed by atoms with van der Waals surface area (Å²) in [5.41, 5.74) is 5.00. The number of imidazole rings is 1. The van der Waals surface area contributed by atoms with Crippen LogP contribution in [0.25, 0.3) is 11.4 Å². The highest BCUT2D eigenvalue weighted by molar-refractivity contribution is 6.34. The van der Waals surface area contributed by atoms with Crippen molar-refractivity contribution in [2.24, 2.45) is 5.92 Å². The van der Waals surface area contributed by atoms with Crippen LogP contribution in [-0.2, 0) is 22.1 Å². The van der Waals surface area contributed by atoms with E-state index in [0.29, 0.717) is 57.8 Å². The number of nitrogens with zero attached hydrogens (tertiary/aromatic N) is 6. The Labute approximate surface area is 318 Å². The first-order chi connectivity index (χ1) is 26.0. The van der Waals surface area contributed by atoms with E-state index in [9.17, 15) is 32.3 Å². The number of anilines is 2. The molecule has 2 fully saturated rings. The SMILES string of the molecule is CC(C)(C)OC(=O)N1CCC(C(=O)N2CCN(C(=O)c3ccc(NC(=O)c4ncc(Cc5c(C(F)(F)F)n[nH]c5-c5ccc(N)cn5)[nH]4)cc3Cl)CC2)CC1. The molecule has 0 bridgehead atoms. The number of H-pyrrole nitrogens is 2. The molecule has 0 aliphatic carbocycles. The molecule has 15 nitrogen and oxygen atoms in total. The summed E-state index contributed by atoms with van der Waals surface area (Å²) in [7, 11) is 0. The van der Waals surface area contributed by atoms with Crippen LogP contribution in [0.15, 0.2) is 42.7 Å². The first-order valence-corrected chi connectivity index (χ1v) is 17.9. The zero-order valence-electron chi connectivity index (χ0n) is 30.3. The molecule has 0 radical (unpaired) electrons. The molecule has 292 valence electrons. The third-order valence-electron chi connectivity index (χ3n) is 9.22. The number of ether oxygens (including phenoxy) is 1. The number of halogens is 4. The zero-order chi connectivity index (χ0) is 39.7. The summed E-state index contributed by atoms with van der Waals surface area (Å²) in [5, 5.41) is 8.60. The van der Waals surface area contributed by atoms with E-state index in [-0.39, 0.29) is 75.0 Å². The Balaban J connectivity index is 1.02. The van der Waals surface area contributed by atoms with Crippen LogP contribution in [0.4, 0.5) is 29.3 Å². The summed E-state index contributed by atoms with van der Waals surface area (Å²) < 4.78 is 46.9. The number of piperidine rings is 1. The first kappa shape index (κ1) is 39.1. The number of amides is 4. The Bertz CT molecular complexity index is 2060. The summed E-state index contributed by atoms with van der Waals surface area (Å²) in [6.45, 7) is 7.61. The van der Waals surface area contributed by atoms with E-state index in [0.717, 1.165) is 0 Å². The number of hydrogen-bond acceptors (Lipinski definition) is 9. The fourth-order valence-corrected chi connectivity index (χ4v) is 6.70. The van der Waals surface area contributed by atoms with Crippen LogP contribution < -0.4 is 11.1 Å². The maximum Gasteiger partial charge on any atom is 0.435 e. The third-order valence-corrected chi connectivity index (χ3v) is 9.53. The Morgan fingerprint density at radius 3 is 2.25 bits per heavy atom. The molecule has 0 spiro atoms. The third kappa shape index (κ3) is 9.18. The van der Waals surface area contributed by atoms with E-state index < -0.39 is 23.4 Å². The summed E-state index contributed by atoms with van der Waals surface area (Å²) in [6.07, 6.45) is -1.81. The maximum atomic E-state index is 13.8. The molecule has 0 atom stereocenters. The molecule has 0 saturated carbocycles. The minimum absolute atomic E-state index is 0.00509. The monoisotopic (exact) mass is 784 g/mol. The predicted octanol–water partition coefficient (Wildman–Crippen LogP) is 5.22. The van der Waals surface area contributed by atoms with Gasteiger partial charge in [-0.25, -0.2) is 9.78 Å². The second-order valence-electron chi connectivity index (χ2n) is 14.3. The van der Waals surface area contributed by atoms with Gasteiger partial charge in [-0.2, -0.15) is 18.3 Å². The molecule has 5 N–H and O–H groups in total. The zero-order valence-corrected chi connectivity index (χ0v) is 31.1. The fourth-order valence-electron chi connectivity index (χ4n) is 6.44. The summed E-state index contributed by atoms with van der Waals surface area (Å²) >= 11 is 6.50. The van der Waals surface area contributed by atoms with Crippen molar-refractivity contribution < 1.29 is 37.1 Å². The van der Waals surface area contributed by atoms with Crippen LogP contribution in [0.5, 0.6) is 0 Å². The van der Waals surface area contributed by atoms with Crippen molar-refractivity contribution in [3.8, 4) is 11.4 Å². The number of carbonyl (C=O) groups is 4. The van der Waals surface area contributed by atoms with Crippen LogP contribution >= 0.6 is 11.6 Å². The number of nitrogens with one attached hydrogen (secondary N) is 3. The maximum absolute atomic E-state index is 13.8. The topological polar surface area (TPSA) is 196 Å². The summed E-state index contributed by atoms with van der Waals surface area (Å²) in [6, 6.07) is 7.36. The Kier molecular flexibility index (Phi) is 11.1. The van der Waals surface area contributed by atoms with Gasteiger partial charge >= 0.3 is 12.3 Å². The Morgan fingerprint density at radius 2 is 1.64 bits per heavy atom. The lowest BCUT2D eigenvalue weighted by atomic mass is 9.95. The first-order valence-electron chi connectivity index (χ1n) is 17.5. The van der Waals surface area contributed by atoms with Crippen molar-refractivity contribution in [1.82, 2.24) is 39.8 Å². The van der Waals surface area contributed by atoms with Crippen LogP contribution in [0.1, 0.15) is 71.5 Å². The van der Waals surface area contributed by atoms with E-state index >= 15 is 0 Å². The molecule has 6 rings (SSSR count). The number of benzene rings is 1. The molecule has 55 heavy (non-hydrogen) atoms. The number of piperazine rings is 1. The molecular formula is C36H40ClF3N10O5. The number of aromatic nitrogens is 5. The second kappa shape index (κ2) is 15.6. The molecule has 2 aliphatic heterocycles. The number of carbonyl (C=O) groups excluding carboxylic acids is 4. The molecular weight excluding hydrogens is 745 g/mol. The average molecular weight is 785 g/mol. The molecule has 5 heterocycles. The highest BCUT2D eigenvalue weighted by Gasteiger charge is 2.39. The quantitative estimate of drug-likeness (QED) is 0.194. The minimum atomic E-state index is -4.76. The van der Waals surface area contributed by atoms with Crippen molar-refractivity contribution >= 4 is 46.8 Å². The van der Waals surface area contributed by atoms with Crippen molar-refractivity contribution in [2.45, 2.75) is 51.8 Å². The van der Waals surface area contributed by atoms with Crippen LogP contribution in [-0.4, -0.2) is 109 Å². The van der Waals surface area contributed by atoms with Gasteiger partial charge in [0.25, 0.3) is 11.8 Å². The summed E-state index contributed by atoms with van der Waals surface area (Å²) in [5.74, 6) is -1.40. The largest absolute Gasteiger partial charge is 0.444 e. The molecule has 2 aliphatic rings. The molecule has 3 aromatic heterocycles. The number of hydrogen-bond donors (Lipinski definition) is 4. The second-order valence-corrected chi connectivity index (χ2v) is 14.7. The molecule has 4 aromatic rings. The van der Waals surface area contributed by atoms with Crippen LogP contribution in [0, 0.1) is 5.92 Å². The van der Waals surface area contributed by atoms with Gasteiger partial charge in [0.05, 0.1) is 33.9 Å². The average Bonchev–Trinajstić information content (AvgIpc) is 3.79. The Hall–Kier alpha value is -5.65. The van der Waals surface area contributed by atoms with E-state index in [2.05, 4.69) is 30.5 Å². The molecule has 19 heteroatoms. The molecule has 1 aromatic carbocycles. The van der Waals surface area contributed by atoms with Gasteiger partial charge < -0.3 is 35.5 Å². The number of aromatic amines is 2. The van der Waals surface area contributed by atoms with Crippen molar-refractivity contribution in [2.75, 3.05) is 50.3 Å².